The Bertz CT molecular complexity index is 1190. The van der Waals surface area contributed by atoms with Crippen LogP contribution >= 0.6 is 0 Å². The number of fused-ring (bicyclic) bond motifs is 1. The van der Waals surface area contributed by atoms with Crippen LogP contribution in [0.2, 0.25) is 0 Å². The van der Waals surface area contributed by atoms with Crippen molar-refractivity contribution >= 4 is 28.7 Å². The number of hydrogen-bond donors (Lipinski definition) is 4. The molecule has 0 spiro atoms. The second kappa shape index (κ2) is 9.61. The molecule has 1 aliphatic carbocycles. The summed E-state index contributed by atoms with van der Waals surface area (Å²) in [6.45, 7) is 0.440. The number of carbonyl (C=O) groups is 2. The van der Waals surface area contributed by atoms with Crippen LogP contribution in [0.25, 0.3) is 11.0 Å². The van der Waals surface area contributed by atoms with Gasteiger partial charge in [-0.3, -0.25) is 19.7 Å². The summed E-state index contributed by atoms with van der Waals surface area (Å²) in [5, 5.41) is 21.8. The topological polar surface area (TPSA) is 146 Å². The van der Waals surface area contributed by atoms with Gasteiger partial charge in [0.2, 0.25) is 0 Å². The van der Waals surface area contributed by atoms with Crippen LogP contribution in [0.4, 0.5) is 19.0 Å². The molecule has 3 heterocycles. The number of carboxylic acid groups (broad SMARTS) is 1. The second-order valence-electron chi connectivity index (χ2n) is 8.18. The van der Waals surface area contributed by atoms with Crippen LogP contribution in [0.3, 0.4) is 0 Å². The maximum atomic E-state index is 12.8. The van der Waals surface area contributed by atoms with Crippen molar-refractivity contribution in [2.24, 2.45) is 11.8 Å². The van der Waals surface area contributed by atoms with Gasteiger partial charge in [-0.25, -0.2) is 9.97 Å². The SMILES string of the molecule is O=C(NCc1ccnc(C(F)(F)F)c1)c1ncnc2c(NCC3CCC(C(=O)O)CC3)n[nH]c12. The highest BCUT2D eigenvalue weighted by atomic mass is 19.4. The first-order valence-corrected chi connectivity index (χ1v) is 10.7. The van der Waals surface area contributed by atoms with E-state index in [1.807, 2.05) is 0 Å². The standard InChI is InChI=1S/C21H22F3N7O3/c22-21(23,24)14-7-12(5-6-25-14)9-27-19(32)17-15-16(28-10-29-17)18(31-30-15)26-8-11-1-3-13(4-2-11)20(33)34/h5-7,10-11,13H,1-4,8-9H2,(H,27,32)(H,33,34)(H2,26,30,31). The number of carbonyl (C=O) groups excluding carboxylic acids is 1. The molecule has 0 bridgehead atoms. The fourth-order valence-electron chi connectivity index (χ4n) is 3.99. The number of alkyl halides is 3. The largest absolute Gasteiger partial charge is 0.481 e. The average Bonchev–Trinajstić information content (AvgIpc) is 3.24. The van der Waals surface area contributed by atoms with E-state index in [9.17, 15) is 22.8 Å². The molecular weight excluding hydrogens is 455 g/mol. The minimum Gasteiger partial charge on any atom is -0.481 e. The van der Waals surface area contributed by atoms with Crippen molar-refractivity contribution in [3.05, 3.63) is 41.6 Å². The second-order valence-corrected chi connectivity index (χ2v) is 8.18. The van der Waals surface area contributed by atoms with Crippen molar-refractivity contribution in [3.8, 4) is 0 Å². The van der Waals surface area contributed by atoms with Crippen LogP contribution in [0.1, 0.15) is 47.4 Å². The Hall–Kier alpha value is -3.77. The van der Waals surface area contributed by atoms with Crippen LogP contribution in [0, 0.1) is 11.8 Å². The number of aromatic amines is 1. The van der Waals surface area contributed by atoms with Gasteiger partial charge in [0.25, 0.3) is 5.91 Å². The number of amides is 1. The number of carboxylic acids is 1. The zero-order valence-electron chi connectivity index (χ0n) is 17.9. The van der Waals surface area contributed by atoms with Gasteiger partial charge in [-0.15, -0.1) is 0 Å². The molecule has 1 saturated carbocycles. The number of anilines is 1. The Morgan fingerprint density at radius 2 is 1.91 bits per heavy atom. The summed E-state index contributed by atoms with van der Waals surface area (Å²) in [4.78, 5) is 35.2. The van der Waals surface area contributed by atoms with E-state index in [1.165, 1.54) is 12.4 Å². The fraction of sp³-hybridized carbons (Fsp3) is 0.429. The van der Waals surface area contributed by atoms with E-state index in [4.69, 9.17) is 5.11 Å². The Labute approximate surface area is 191 Å². The van der Waals surface area contributed by atoms with Crippen molar-refractivity contribution < 1.29 is 27.9 Å². The molecule has 180 valence electrons. The summed E-state index contributed by atoms with van der Waals surface area (Å²) in [7, 11) is 0. The molecule has 0 saturated heterocycles. The summed E-state index contributed by atoms with van der Waals surface area (Å²) in [5.74, 6) is -0.898. The first-order valence-electron chi connectivity index (χ1n) is 10.7. The van der Waals surface area contributed by atoms with Gasteiger partial charge < -0.3 is 15.7 Å². The molecule has 10 nitrogen and oxygen atoms in total. The Kier molecular flexibility index (Phi) is 6.61. The number of pyridine rings is 1. The van der Waals surface area contributed by atoms with E-state index < -0.39 is 23.7 Å². The smallest absolute Gasteiger partial charge is 0.433 e. The lowest BCUT2D eigenvalue weighted by Crippen LogP contribution is -2.25. The third kappa shape index (κ3) is 5.24. The number of halogens is 3. The molecule has 0 radical (unpaired) electrons. The molecule has 0 aromatic carbocycles. The number of rotatable bonds is 7. The molecule has 4 N–H and O–H groups in total. The summed E-state index contributed by atoms with van der Waals surface area (Å²) in [6, 6.07) is 2.26. The molecule has 3 aromatic rings. The lowest BCUT2D eigenvalue weighted by molar-refractivity contribution is -0.143. The molecule has 0 atom stereocenters. The first kappa shape index (κ1) is 23.4. The van der Waals surface area contributed by atoms with Crippen molar-refractivity contribution in [1.82, 2.24) is 30.5 Å². The number of hydrogen-bond acceptors (Lipinski definition) is 7. The quantitative estimate of drug-likeness (QED) is 0.406. The maximum absolute atomic E-state index is 12.8. The molecule has 0 aliphatic heterocycles. The predicted octanol–water partition coefficient (Wildman–Crippen LogP) is 3.00. The number of nitrogens with one attached hydrogen (secondary N) is 3. The summed E-state index contributed by atoms with van der Waals surface area (Å²) in [6.07, 6.45) is 0.529. The molecule has 3 aromatic heterocycles. The van der Waals surface area contributed by atoms with E-state index in [2.05, 4.69) is 35.8 Å². The molecule has 4 rings (SSSR count). The van der Waals surface area contributed by atoms with Gasteiger partial charge in [-0.2, -0.15) is 18.3 Å². The Morgan fingerprint density at radius 3 is 2.62 bits per heavy atom. The third-order valence-electron chi connectivity index (χ3n) is 5.89. The molecule has 34 heavy (non-hydrogen) atoms. The Balaban J connectivity index is 1.39. The van der Waals surface area contributed by atoms with E-state index in [-0.39, 0.29) is 23.7 Å². The van der Waals surface area contributed by atoms with E-state index in [0.717, 1.165) is 25.1 Å². The van der Waals surface area contributed by atoms with Gasteiger partial charge in [-0.05, 0) is 49.3 Å². The third-order valence-corrected chi connectivity index (χ3v) is 5.89. The van der Waals surface area contributed by atoms with E-state index in [0.29, 0.717) is 42.2 Å². The lowest BCUT2D eigenvalue weighted by atomic mass is 9.82. The van der Waals surface area contributed by atoms with Gasteiger partial charge in [0.05, 0.1) is 5.92 Å². The van der Waals surface area contributed by atoms with Crippen LogP contribution in [0.15, 0.2) is 24.7 Å². The van der Waals surface area contributed by atoms with Gasteiger partial charge >= 0.3 is 12.1 Å². The summed E-state index contributed by atoms with van der Waals surface area (Å²) in [5.41, 5.74) is -0.0852. The van der Waals surface area contributed by atoms with E-state index >= 15 is 0 Å². The molecular formula is C21H22F3N7O3. The van der Waals surface area contributed by atoms with Gasteiger partial charge in [0.15, 0.2) is 11.5 Å². The van der Waals surface area contributed by atoms with Gasteiger partial charge in [0.1, 0.15) is 23.1 Å². The zero-order valence-corrected chi connectivity index (χ0v) is 17.9. The molecule has 1 aliphatic rings. The zero-order chi connectivity index (χ0) is 24.3. The average molecular weight is 477 g/mol. The highest BCUT2D eigenvalue weighted by molar-refractivity contribution is 6.04. The number of aliphatic carboxylic acids is 1. The molecule has 1 amide bonds. The van der Waals surface area contributed by atoms with Crippen molar-refractivity contribution in [3.63, 3.8) is 0 Å². The Morgan fingerprint density at radius 1 is 1.15 bits per heavy atom. The van der Waals surface area contributed by atoms with Crippen LogP contribution in [0.5, 0.6) is 0 Å². The van der Waals surface area contributed by atoms with Gasteiger partial charge in [-0.1, -0.05) is 0 Å². The normalized spacial score (nSPS) is 18.6. The maximum Gasteiger partial charge on any atom is 0.433 e. The molecule has 13 heteroatoms. The molecule has 1 fully saturated rings. The number of aromatic nitrogens is 5. The molecule has 0 unspecified atom stereocenters. The predicted molar refractivity (Wildman–Crippen MR) is 114 cm³/mol. The van der Waals surface area contributed by atoms with Crippen molar-refractivity contribution in [2.45, 2.75) is 38.4 Å². The van der Waals surface area contributed by atoms with Crippen LogP contribution < -0.4 is 10.6 Å². The minimum absolute atomic E-state index is 0.0117. The minimum atomic E-state index is -4.58. The summed E-state index contributed by atoms with van der Waals surface area (Å²) >= 11 is 0. The highest BCUT2D eigenvalue weighted by Crippen LogP contribution is 2.30. The first-order chi connectivity index (χ1) is 16.2. The van der Waals surface area contributed by atoms with Gasteiger partial charge in [0, 0.05) is 19.3 Å². The summed E-state index contributed by atoms with van der Waals surface area (Å²) < 4.78 is 38.5. The van der Waals surface area contributed by atoms with Crippen LogP contribution in [-0.4, -0.2) is 48.7 Å². The fourth-order valence-corrected chi connectivity index (χ4v) is 3.99. The van der Waals surface area contributed by atoms with E-state index in [1.54, 1.807) is 0 Å². The highest BCUT2D eigenvalue weighted by Gasteiger charge is 2.32. The monoisotopic (exact) mass is 477 g/mol. The number of H-pyrrole nitrogens is 1. The van der Waals surface area contributed by atoms with Crippen molar-refractivity contribution in [1.29, 1.82) is 0 Å². The number of nitrogens with zero attached hydrogens (tertiary/aromatic N) is 4. The lowest BCUT2D eigenvalue weighted by Gasteiger charge is -2.26. The van der Waals surface area contributed by atoms with Crippen LogP contribution in [-0.2, 0) is 17.5 Å². The van der Waals surface area contributed by atoms with Crippen molar-refractivity contribution in [2.75, 3.05) is 11.9 Å².